The summed E-state index contributed by atoms with van der Waals surface area (Å²) in [7, 11) is 4.68. The number of carbonyl (C=O) groups excluding carboxylic acids is 1. The number of methoxy groups -OCH3 is 3. The molecule has 2 aliphatic heterocycles. The lowest BCUT2D eigenvalue weighted by molar-refractivity contribution is 0.0974. The van der Waals surface area contributed by atoms with E-state index in [2.05, 4.69) is 5.32 Å². The Balaban J connectivity index is 1.67. The SMILES string of the molecule is COc1cc([C@@H]2Nc3ccccc3C(=O)N2c2ccc3c(c2)OCO3)cc(OC)c1OC. The Morgan fingerprint density at radius 3 is 2.34 bits per heavy atom. The van der Waals surface area contributed by atoms with Crippen LogP contribution in [0.25, 0.3) is 0 Å². The van der Waals surface area contributed by atoms with E-state index in [1.54, 1.807) is 44.4 Å². The molecule has 0 aromatic heterocycles. The summed E-state index contributed by atoms with van der Waals surface area (Å²) in [4.78, 5) is 15.3. The van der Waals surface area contributed by atoms with Crippen molar-refractivity contribution >= 4 is 17.3 Å². The van der Waals surface area contributed by atoms with Crippen LogP contribution in [-0.4, -0.2) is 34.0 Å². The molecule has 164 valence electrons. The summed E-state index contributed by atoms with van der Waals surface area (Å²) in [5.74, 6) is 2.59. The zero-order valence-electron chi connectivity index (χ0n) is 17.9. The number of rotatable bonds is 5. The summed E-state index contributed by atoms with van der Waals surface area (Å²) in [5.41, 5.74) is 2.75. The van der Waals surface area contributed by atoms with E-state index in [-0.39, 0.29) is 12.7 Å². The van der Waals surface area contributed by atoms with Crippen LogP contribution in [0.4, 0.5) is 11.4 Å². The number of para-hydroxylation sites is 1. The Morgan fingerprint density at radius 2 is 1.62 bits per heavy atom. The standard InChI is InChI=1S/C24H22N2O6/c1-28-20-10-14(11-21(29-2)22(20)30-3)23-25-17-7-5-4-6-16(17)24(27)26(23)15-8-9-18-19(12-15)32-13-31-18/h4-12,23,25H,13H2,1-3H3/t23-/m1/s1. The summed E-state index contributed by atoms with van der Waals surface area (Å²) in [6, 6.07) is 16.5. The van der Waals surface area contributed by atoms with Gasteiger partial charge in [-0.1, -0.05) is 12.1 Å². The molecule has 32 heavy (non-hydrogen) atoms. The van der Waals surface area contributed by atoms with Gasteiger partial charge in [-0.3, -0.25) is 9.69 Å². The minimum Gasteiger partial charge on any atom is -0.493 e. The molecule has 3 aromatic carbocycles. The van der Waals surface area contributed by atoms with Gasteiger partial charge in [-0.25, -0.2) is 0 Å². The summed E-state index contributed by atoms with van der Waals surface area (Å²) < 4.78 is 27.5. The van der Waals surface area contributed by atoms with Crippen molar-refractivity contribution in [1.82, 2.24) is 0 Å². The summed E-state index contributed by atoms with van der Waals surface area (Å²) in [5, 5.41) is 3.48. The van der Waals surface area contributed by atoms with Crippen molar-refractivity contribution < 1.29 is 28.5 Å². The Morgan fingerprint density at radius 1 is 0.906 bits per heavy atom. The van der Waals surface area contributed by atoms with E-state index < -0.39 is 6.17 Å². The maximum atomic E-state index is 13.7. The Hall–Kier alpha value is -4.07. The van der Waals surface area contributed by atoms with Crippen molar-refractivity contribution in [3.63, 3.8) is 0 Å². The van der Waals surface area contributed by atoms with E-state index >= 15 is 0 Å². The highest BCUT2D eigenvalue weighted by Crippen LogP contribution is 2.45. The maximum Gasteiger partial charge on any atom is 0.262 e. The number of carbonyl (C=O) groups is 1. The van der Waals surface area contributed by atoms with Gasteiger partial charge >= 0.3 is 0 Å². The monoisotopic (exact) mass is 434 g/mol. The van der Waals surface area contributed by atoms with Gasteiger partial charge in [-0.15, -0.1) is 0 Å². The molecule has 8 heteroatoms. The molecule has 0 unspecified atom stereocenters. The number of hydrogen-bond donors (Lipinski definition) is 1. The van der Waals surface area contributed by atoms with Gasteiger partial charge in [-0.05, 0) is 36.4 Å². The molecule has 8 nitrogen and oxygen atoms in total. The molecule has 0 spiro atoms. The summed E-state index contributed by atoms with van der Waals surface area (Å²) >= 11 is 0. The third kappa shape index (κ3) is 3.11. The average Bonchev–Trinajstić information content (AvgIpc) is 3.31. The number of fused-ring (bicyclic) bond motifs is 2. The molecule has 2 heterocycles. The first-order chi connectivity index (χ1) is 15.6. The van der Waals surface area contributed by atoms with Crippen LogP contribution in [0.1, 0.15) is 22.1 Å². The fraction of sp³-hybridized carbons (Fsp3) is 0.208. The van der Waals surface area contributed by atoms with E-state index in [1.807, 2.05) is 36.4 Å². The van der Waals surface area contributed by atoms with Crippen molar-refractivity contribution in [3.05, 3.63) is 65.7 Å². The lowest BCUT2D eigenvalue weighted by Gasteiger charge is -2.38. The number of ether oxygens (including phenoxy) is 5. The average molecular weight is 434 g/mol. The lowest BCUT2D eigenvalue weighted by Crippen LogP contribution is -2.43. The topological polar surface area (TPSA) is 78.5 Å². The fourth-order valence-electron chi connectivity index (χ4n) is 4.05. The Labute approximate surface area is 185 Å². The van der Waals surface area contributed by atoms with Gasteiger partial charge in [0.25, 0.3) is 5.91 Å². The molecule has 5 rings (SSSR count). The number of nitrogens with zero attached hydrogens (tertiary/aromatic N) is 1. The second kappa shape index (κ2) is 7.88. The number of anilines is 2. The predicted molar refractivity (Wildman–Crippen MR) is 118 cm³/mol. The molecule has 0 saturated carbocycles. The lowest BCUT2D eigenvalue weighted by atomic mass is 10.0. The molecule has 1 atom stereocenters. The zero-order valence-corrected chi connectivity index (χ0v) is 17.9. The van der Waals surface area contributed by atoms with Crippen molar-refractivity contribution in [3.8, 4) is 28.7 Å². The molecule has 1 amide bonds. The van der Waals surface area contributed by atoms with Crippen molar-refractivity contribution in [2.45, 2.75) is 6.17 Å². The molecule has 0 radical (unpaired) electrons. The van der Waals surface area contributed by atoms with Crippen LogP contribution < -0.4 is 33.9 Å². The molecule has 3 aromatic rings. The third-order valence-electron chi connectivity index (χ3n) is 5.56. The zero-order chi connectivity index (χ0) is 22.2. The molecule has 1 N–H and O–H groups in total. The van der Waals surface area contributed by atoms with Crippen LogP contribution >= 0.6 is 0 Å². The Kier molecular flexibility index (Phi) is 4.89. The fourth-order valence-corrected chi connectivity index (χ4v) is 4.05. The van der Waals surface area contributed by atoms with E-state index in [0.29, 0.717) is 40.0 Å². The summed E-state index contributed by atoms with van der Waals surface area (Å²) in [6.07, 6.45) is -0.536. The largest absolute Gasteiger partial charge is 0.493 e. The quantitative estimate of drug-likeness (QED) is 0.644. The molecule has 0 aliphatic carbocycles. The van der Waals surface area contributed by atoms with Crippen LogP contribution in [0, 0.1) is 0 Å². The molecule has 0 bridgehead atoms. The second-order valence-corrected chi connectivity index (χ2v) is 7.26. The predicted octanol–water partition coefficient (Wildman–Crippen LogP) is 4.21. The van der Waals surface area contributed by atoms with E-state index in [4.69, 9.17) is 23.7 Å². The van der Waals surface area contributed by atoms with E-state index in [9.17, 15) is 4.79 Å². The minimum atomic E-state index is -0.536. The second-order valence-electron chi connectivity index (χ2n) is 7.26. The molecule has 2 aliphatic rings. The van der Waals surface area contributed by atoms with Gasteiger partial charge in [0.05, 0.1) is 32.6 Å². The molecule has 0 fully saturated rings. The van der Waals surface area contributed by atoms with Gasteiger partial charge in [-0.2, -0.15) is 0 Å². The van der Waals surface area contributed by atoms with Crippen molar-refractivity contribution in [1.29, 1.82) is 0 Å². The number of hydrogen-bond acceptors (Lipinski definition) is 7. The maximum absolute atomic E-state index is 13.7. The van der Waals surface area contributed by atoms with Gasteiger partial charge in [0, 0.05) is 17.3 Å². The van der Waals surface area contributed by atoms with Crippen LogP contribution in [0.3, 0.4) is 0 Å². The highest BCUT2D eigenvalue weighted by molar-refractivity contribution is 6.12. The van der Waals surface area contributed by atoms with Crippen molar-refractivity contribution in [2.75, 3.05) is 38.3 Å². The van der Waals surface area contributed by atoms with Gasteiger partial charge in [0.15, 0.2) is 23.0 Å². The van der Waals surface area contributed by atoms with Crippen molar-refractivity contribution in [2.24, 2.45) is 0 Å². The third-order valence-corrected chi connectivity index (χ3v) is 5.56. The number of amides is 1. The first-order valence-corrected chi connectivity index (χ1v) is 10.0. The summed E-state index contributed by atoms with van der Waals surface area (Å²) in [6.45, 7) is 0.157. The van der Waals surface area contributed by atoms with Crippen LogP contribution in [-0.2, 0) is 0 Å². The highest BCUT2D eigenvalue weighted by Gasteiger charge is 2.36. The smallest absolute Gasteiger partial charge is 0.262 e. The number of benzene rings is 3. The molecular formula is C24H22N2O6. The van der Waals surface area contributed by atoms with Gasteiger partial charge < -0.3 is 29.0 Å². The Bertz CT molecular complexity index is 1170. The first-order valence-electron chi connectivity index (χ1n) is 10.0. The van der Waals surface area contributed by atoms with Crippen LogP contribution in [0.5, 0.6) is 28.7 Å². The first kappa shape index (κ1) is 19.9. The van der Waals surface area contributed by atoms with Gasteiger partial charge in [0.1, 0.15) is 6.17 Å². The normalized spacial score (nSPS) is 16.3. The van der Waals surface area contributed by atoms with Crippen LogP contribution in [0.2, 0.25) is 0 Å². The molecule has 0 saturated heterocycles. The molecular weight excluding hydrogens is 412 g/mol. The van der Waals surface area contributed by atoms with Crippen LogP contribution in [0.15, 0.2) is 54.6 Å². The van der Waals surface area contributed by atoms with E-state index in [0.717, 1.165) is 11.3 Å². The minimum absolute atomic E-state index is 0.142. The highest BCUT2D eigenvalue weighted by atomic mass is 16.7. The van der Waals surface area contributed by atoms with E-state index in [1.165, 1.54) is 0 Å². The van der Waals surface area contributed by atoms with Gasteiger partial charge in [0.2, 0.25) is 12.5 Å². The number of nitrogens with one attached hydrogen (secondary N) is 1.